The van der Waals surface area contributed by atoms with Crippen molar-refractivity contribution < 1.29 is 8.78 Å². The number of benzene rings is 2. The third kappa shape index (κ3) is 4.35. The fraction of sp³-hybridized carbons (Fsp3) is 0.294. The van der Waals surface area contributed by atoms with Crippen LogP contribution >= 0.6 is 15.9 Å². The minimum atomic E-state index is -0.534. The number of halogens is 3. The number of nitrogens with one attached hydrogen (secondary N) is 1. The molecule has 0 aromatic heterocycles. The standard InChI is InChI=1S/C17H18BrF2N/c1-3-21-17(16-5-4-13(18)6-11(16)2)9-12-7-14(19)10-15(20)8-12/h4-8,10,17,21H,3,9H2,1-2H3. The molecule has 1 unspecified atom stereocenters. The highest BCUT2D eigenvalue weighted by Gasteiger charge is 2.14. The largest absolute Gasteiger partial charge is 0.310 e. The second-order valence-corrected chi connectivity index (χ2v) is 6.01. The van der Waals surface area contributed by atoms with Crippen LogP contribution in [0.3, 0.4) is 0 Å². The Balaban J connectivity index is 2.30. The van der Waals surface area contributed by atoms with E-state index in [1.165, 1.54) is 12.1 Å². The summed E-state index contributed by atoms with van der Waals surface area (Å²) in [4.78, 5) is 0. The van der Waals surface area contributed by atoms with Crippen LogP contribution < -0.4 is 5.32 Å². The van der Waals surface area contributed by atoms with Gasteiger partial charge in [-0.2, -0.15) is 0 Å². The van der Waals surface area contributed by atoms with E-state index in [1.54, 1.807) is 0 Å². The molecule has 0 saturated heterocycles. The fourth-order valence-electron chi connectivity index (χ4n) is 2.53. The molecule has 0 bridgehead atoms. The monoisotopic (exact) mass is 353 g/mol. The number of hydrogen-bond donors (Lipinski definition) is 1. The lowest BCUT2D eigenvalue weighted by molar-refractivity contribution is 0.537. The van der Waals surface area contributed by atoms with Crippen molar-refractivity contribution >= 4 is 15.9 Å². The molecule has 2 aromatic rings. The molecular weight excluding hydrogens is 336 g/mol. The normalized spacial score (nSPS) is 12.4. The summed E-state index contributed by atoms with van der Waals surface area (Å²) in [6, 6.07) is 9.79. The van der Waals surface area contributed by atoms with Crippen molar-refractivity contribution in [1.82, 2.24) is 5.32 Å². The van der Waals surface area contributed by atoms with Crippen molar-refractivity contribution in [2.45, 2.75) is 26.3 Å². The molecule has 0 amide bonds. The van der Waals surface area contributed by atoms with Gasteiger partial charge >= 0.3 is 0 Å². The second kappa shape index (κ2) is 7.14. The van der Waals surface area contributed by atoms with Gasteiger partial charge in [-0.3, -0.25) is 0 Å². The number of hydrogen-bond acceptors (Lipinski definition) is 1. The van der Waals surface area contributed by atoms with Gasteiger partial charge in [-0.15, -0.1) is 0 Å². The van der Waals surface area contributed by atoms with Crippen LogP contribution in [0.5, 0.6) is 0 Å². The first-order valence-corrected chi connectivity index (χ1v) is 7.73. The predicted molar refractivity (Wildman–Crippen MR) is 85.4 cm³/mol. The fourth-order valence-corrected chi connectivity index (χ4v) is 3.01. The zero-order valence-electron chi connectivity index (χ0n) is 12.1. The summed E-state index contributed by atoms with van der Waals surface area (Å²) >= 11 is 3.45. The third-order valence-corrected chi connectivity index (χ3v) is 3.91. The van der Waals surface area contributed by atoms with E-state index in [2.05, 4.69) is 21.2 Å². The summed E-state index contributed by atoms with van der Waals surface area (Å²) in [5.41, 5.74) is 2.94. The highest BCUT2D eigenvalue weighted by molar-refractivity contribution is 9.10. The van der Waals surface area contributed by atoms with Gasteiger partial charge in [0.15, 0.2) is 0 Å². The molecule has 1 atom stereocenters. The van der Waals surface area contributed by atoms with Crippen LogP contribution in [0.4, 0.5) is 8.78 Å². The molecule has 1 N–H and O–H groups in total. The van der Waals surface area contributed by atoms with Crippen LogP contribution in [0.25, 0.3) is 0 Å². The van der Waals surface area contributed by atoms with Crippen molar-refractivity contribution in [3.8, 4) is 0 Å². The molecule has 112 valence electrons. The molecule has 0 aliphatic rings. The first-order chi connectivity index (χ1) is 9.99. The summed E-state index contributed by atoms with van der Waals surface area (Å²) < 4.78 is 27.7. The third-order valence-electron chi connectivity index (χ3n) is 3.42. The van der Waals surface area contributed by atoms with Crippen molar-refractivity contribution in [3.63, 3.8) is 0 Å². The summed E-state index contributed by atoms with van der Waals surface area (Å²) in [6.07, 6.45) is 0.547. The molecule has 0 aliphatic heterocycles. The number of aryl methyl sites for hydroxylation is 1. The Labute approximate surface area is 132 Å². The molecule has 4 heteroatoms. The zero-order chi connectivity index (χ0) is 15.4. The van der Waals surface area contributed by atoms with E-state index >= 15 is 0 Å². The van der Waals surface area contributed by atoms with Gasteiger partial charge in [0.2, 0.25) is 0 Å². The zero-order valence-corrected chi connectivity index (χ0v) is 13.7. The molecule has 0 heterocycles. The highest BCUT2D eigenvalue weighted by Crippen LogP contribution is 2.25. The minimum absolute atomic E-state index is 0.0318. The molecular formula is C17H18BrF2N. The lowest BCUT2D eigenvalue weighted by Gasteiger charge is -2.21. The maximum absolute atomic E-state index is 13.3. The minimum Gasteiger partial charge on any atom is -0.310 e. The Kier molecular flexibility index (Phi) is 5.48. The number of likely N-dealkylation sites (N-methyl/N-ethyl adjacent to an activating group) is 1. The van der Waals surface area contributed by atoms with Crippen molar-refractivity contribution in [3.05, 3.63) is 69.2 Å². The Morgan fingerprint density at radius 3 is 2.33 bits per heavy atom. The average Bonchev–Trinajstić information content (AvgIpc) is 2.37. The Hall–Kier alpha value is -1.26. The Bertz CT molecular complexity index is 608. The molecule has 0 radical (unpaired) electrons. The van der Waals surface area contributed by atoms with E-state index in [9.17, 15) is 8.78 Å². The van der Waals surface area contributed by atoms with Crippen LogP contribution in [0.15, 0.2) is 40.9 Å². The average molecular weight is 354 g/mol. The van der Waals surface area contributed by atoms with Gasteiger partial charge in [0.25, 0.3) is 0 Å². The van der Waals surface area contributed by atoms with Crippen molar-refractivity contribution in [1.29, 1.82) is 0 Å². The van der Waals surface area contributed by atoms with Gasteiger partial charge in [0, 0.05) is 16.6 Å². The van der Waals surface area contributed by atoms with Crippen LogP contribution in [-0.2, 0) is 6.42 Å². The topological polar surface area (TPSA) is 12.0 Å². The van der Waals surface area contributed by atoms with Gasteiger partial charge in [-0.05, 0) is 60.8 Å². The van der Waals surface area contributed by atoms with E-state index in [0.29, 0.717) is 12.0 Å². The van der Waals surface area contributed by atoms with Gasteiger partial charge in [0.05, 0.1) is 0 Å². The molecule has 0 aliphatic carbocycles. The maximum Gasteiger partial charge on any atom is 0.126 e. The molecule has 2 rings (SSSR count). The quantitative estimate of drug-likeness (QED) is 0.803. The highest BCUT2D eigenvalue weighted by atomic mass is 79.9. The molecule has 0 spiro atoms. The van der Waals surface area contributed by atoms with E-state index in [4.69, 9.17) is 0 Å². The molecule has 0 saturated carbocycles. The lowest BCUT2D eigenvalue weighted by Crippen LogP contribution is -2.23. The number of rotatable bonds is 5. The first kappa shape index (κ1) is 16.1. The summed E-state index contributed by atoms with van der Waals surface area (Å²) in [5.74, 6) is -1.07. The van der Waals surface area contributed by atoms with Gasteiger partial charge in [0.1, 0.15) is 11.6 Å². The van der Waals surface area contributed by atoms with Crippen LogP contribution in [0.1, 0.15) is 29.7 Å². The van der Waals surface area contributed by atoms with Gasteiger partial charge < -0.3 is 5.32 Å². The molecule has 2 aromatic carbocycles. The summed E-state index contributed by atoms with van der Waals surface area (Å²) in [5, 5.41) is 3.39. The lowest BCUT2D eigenvalue weighted by atomic mass is 9.95. The summed E-state index contributed by atoms with van der Waals surface area (Å²) in [6.45, 7) is 4.85. The van der Waals surface area contributed by atoms with E-state index < -0.39 is 11.6 Å². The molecule has 1 nitrogen and oxygen atoms in total. The van der Waals surface area contributed by atoms with Crippen molar-refractivity contribution in [2.75, 3.05) is 6.54 Å². The van der Waals surface area contributed by atoms with E-state index in [-0.39, 0.29) is 6.04 Å². The van der Waals surface area contributed by atoms with Gasteiger partial charge in [-0.1, -0.05) is 28.9 Å². The van der Waals surface area contributed by atoms with Crippen LogP contribution in [0.2, 0.25) is 0 Å². The second-order valence-electron chi connectivity index (χ2n) is 5.09. The first-order valence-electron chi connectivity index (χ1n) is 6.94. The Morgan fingerprint density at radius 2 is 1.76 bits per heavy atom. The van der Waals surface area contributed by atoms with E-state index in [0.717, 1.165) is 28.2 Å². The summed E-state index contributed by atoms with van der Waals surface area (Å²) in [7, 11) is 0. The predicted octanol–water partition coefficient (Wildman–Crippen LogP) is 4.93. The Morgan fingerprint density at radius 1 is 1.10 bits per heavy atom. The van der Waals surface area contributed by atoms with Crippen LogP contribution in [-0.4, -0.2) is 6.54 Å². The molecule has 0 fully saturated rings. The van der Waals surface area contributed by atoms with E-state index in [1.807, 2.05) is 32.0 Å². The van der Waals surface area contributed by atoms with Crippen molar-refractivity contribution in [2.24, 2.45) is 0 Å². The molecule has 21 heavy (non-hydrogen) atoms. The maximum atomic E-state index is 13.3. The van der Waals surface area contributed by atoms with Crippen LogP contribution in [0, 0.1) is 18.6 Å². The van der Waals surface area contributed by atoms with Gasteiger partial charge in [-0.25, -0.2) is 8.78 Å². The SMILES string of the molecule is CCNC(Cc1cc(F)cc(F)c1)c1ccc(Br)cc1C. The smallest absolute Gasteiger partial charge is 0.126 e.